The van der Waals surface area contributed by atoms with E-state index in [-0.39, 0.29) is 17.2 Å². The summed E-state index contributed by atoms with van der Waals surface area (Å²) in [6.45, 7) is 1.50. The van der Waals surface area contributed by atoms with Gasteiger partial charge in [-0.2, -0.15) is 0 Å². The highest BCUT2D eigenvalue weighted by Gasteiger charge is 2.20. The predicted octanol–water partition coefficient (Wildman–Crippen LogP) is 2.28. The molecule has 0 saturated heterocycles. The van der Waals surface area contributed by atoms with Crippen LogP contribution in [0, 0.1) is 11.6 Å². The Balaban J connectivity index is 2.43. The number of aliphatic imine (C=N–C) groups is 1. The van der Waals surface area contributed by atoms with Crippen molar-refractivity contribution in [3.05, 3.63) is 41.1 Å². The lowest BCUT2D eigenvalue weighted by Crippen LogP contribution is -2.00. The third-order valence-electron chi connectivity index (χ3n) is 1.98. The molecule has 16 heavy (non-hydrogen) atoms. The van der Waals surface area contributed by atoms with Crippen LogP contribution < -0.4 is 0 Å². The number of esters is 1. The molecule has 82 valence electrons. The molecule has 0 spiro atoms. The van der Waals surface area contributed by atoms with Crippen LogP contribution in [0.5, 0.6) is 0 Å². The topological polar surface area (TPSA) is 38.7 Å². The smallest absolute Gasteiger partial charge is 0.363 e. The summed E-state index contributed by atoms with van der Waals surface area (Å²) >= 11 is 0. The van der Waals surface area contributed by atoms with E-state index in [0.717, 1.165) is 24.3 Å². The number of rotatable bonds is 1. The minimum absolute atomic E-state index is 0.0367. The Morgan fingerprint density at radius 3 is 2.75 bits per heavy atom. The van der Waals surface area contributed by atoms with Crippen LogP contribution in [-0.4, -0.2) is 11.9 Å². The zero-order valence-electron chi connectivity index (χ0n) is 8.33. The lowest BCUT2D eigenvalue weighted by Gasteiger charge is -1.97. The number of hydrogen-bond donors (Lipinski definition) is 0. The maximum atomic E-state index is 13.2. The SMILES string of the molecule is CC1=NC(=Cc2cc(F)ccc2F)C(=O)O1. The molecule has 0 radical (unpaired) electrons. The Kier molecular flexibility index (Phi) is 2.52. The largest absolute Gasteiger partial charge is 0.407 e. The number of cyclic esters (lactones) is 1. The van der Waals surface area contributed by atoms with Crippen LogP contribution in [-0.2, 0) is 9.53 Å². The van der Waals surface area contributed by atoms with E-state index in [1.807, 2.05) is 0 Å². The molecular weight excluding hydrogens is 216 g/mol. The number of carbonyl (C=O) groups is 1. The molecule has 0 fully saturated rings. The van der Waals surface area contributed by atoms with Crippen molar-refractivity contribution < 1.29 is 18.3 Å². The van der Waals surface area contributed by atoms with Gasteiger partial charge in [0.1, 0.15) is 11.6 Å². The van der Waals surface area contributed by atoms with E-state index in [2.05, 4.69) is 9.73 Å². The Hall–Kier alpha value is -2.04. The Bertz CT molecular complexity index is 521. The third kappa shape index (κ3) is 1.98. The van der Waals surface area contributed by atoms with Crippen LogP contribution in [0.15, 0.2) is 28.9 Å². The van der Waals surface area contributed by atoms with Gasteiger partial charge in [-0.1, -0.05) is 0 Å². The van der Waals surface area contributed by atoms with E-state index in [0.29, 0.717) is 0 Å². The Labute approximate surface area is 90.1 Å². The summed E-state index contributed by atoms with van der Waals surface area (Å²) < 4.78 is 30.7. The van der Waals surface area contributed by atoms with Crippen LogP contribution in [0.1, 0.15) is 12.5 Å². The predicted molar refractivity (Wildman–Crippen MR) is 53.5 cm³/mol. The van der Waals surface area contributed by atoms with E-state index in [1.54, 1.807) is 0 Å². The fraction of sp³-hybridized carbons (Fsp3) is 0.0909. The van der Waals surface area contributed by atoms with Gasteiger partial charge in [0.25, 0.3) is 0 Å². The highest BCUT2D eigenvalue weighted by Crippen LogP contribution is 2.18. The number of nitrogens with zero attached hydrogens (tertiary/aromatic N) is 1. The van der Waals surface area contributed by atoms with Crippen LogP contribution in [0.25, 0.3) is 6.08 Å². The van der Waals surface area contributed by atoms with Crippen molar-refractivity contribution in [3.63, 3.8) is 0 Å². The van der Waals surface area contributed by atoms with Crippen molar-refractivity contribution >= 4 is 17.9 Å². The fourth-order valence-electron chi connectivity index (χ4n) is 1.29. The van der Waals surface area contributed by atoms with E-state index < -0.39 is 17.6 Å². The van der Waals surface area contributed by atoms with E-state index in [9.17, 15) is 13.6 Å². The summed E-state index contributed by atoms with van der Waals surface area (Å²) in [5.41, 5.74) is -0.0765. The number of benzene rings is 1. The zero-order chi connectivity index (χ0) is 11.7. The van der Waals surface area contributed by atoms with E-state index in [1.165, 1.54) is 6.92 Å². The second kappa shape index (κ2) is 3.84. The molecule has 0 aromatic heterocycles. The number of ether oxygens (including phenoxy) is 1. The van der Waals surface area contributed by atoms with Gasteiger partial charge in [0.15, 0.2) is 11.6 Å². The molecule has 0 aliphatic carbocycles. The van der Waals surface area contributed by atoms with Crippen LogP contribution >= 0.6 is 0 Å². The molecule has 0 saturated carbocycles. The second-order valence-electron chi connectivity index (χ2n) is 3.22. The van der Waals surface area contributed by atoms with Gasteiger partial charge in [-0.15, -0.1) is 0 Å². The molecule has 0 unspecified atom stereocenters. The van der Waals surface area contributed by atoms with Crippen molar-refractivity contribution in [2.24, 2.45) is 4.99 Å². The minimum Gasteiger partial charge on any atom is -0.407 e. The highest BCUT2D eigenvalue weighted by atomic mass is 19.1. The molecule has 0 bridgehead atoms. The molecule has 0 amide bonds. The first kappa shape index (κ1) is 10.5. The van der Waals surface area contributed by atoms with Gasteiger partial charge in [0, 0.05) is 12.5 Å². The highest BCUT2D eigenvalue weighted by molar-refractivity contribution is 6.06. The van der Waals surface area contributed by atoms with Crippen LogP contribution in [0.2, 0.25) is 0 Å². The molecular formula is C11H7F2NO2. The minimum atomic E-state index is -0.666. The maximum absolute atomic E-state index is 13.2. The van der Waals surface area contributed by atoms with Gasteiger partial charge >= 0.3 is 5.97 Å². The van der Waals surface area contributed by atoms with E-state index in [4.69, 9.17) is 0 Å². The molecule has 2 rings (SSSR count). The molecule has 0 atom stereocenters. The first-order valence-corrected chi connectivity index (χ1v) is 4.50. The van der Waals surface area contributed by atoms with Crippen molar-refractivity contribution in [3.8, 4) is 0 Å². The summed E-state index contributed by atoms with van der Waals surface area (Å²) in [5, 5.41) is 0. The fourth-order valence-corrected chi connectivity index (χ4v) is 1.29. The van der Waals surface area contributed by atoms with Gasteiger partial charge in [-0.3, -0.25) is 0 Å². The summed E-state index contributed by atoms with van der Waals surface area (Å²) in [4.78, 5) is 14.9. The standard InChI is InChI=1S/C11H7F2NO2/c1-6-14-10(11(15)16-6)5-7-4-8(12)2-3-9(7)13/h2-5H,1H3. The van der Waals surface area contributed by atoms with Gasteiger partial charge in [0.2, 0.25) is 0 Å². The second-order valence-corrected chi connectivity index (χ2v) is 3.22. The van der Waals surface area contributed by atoms with Gasteiger partial charge in [0.05, 0.1) is 0 Å². The molecule has 1 heterocycles. The molecule has 1 aliphatic rings. The molecule has 1 aliphatic heterocycles. The summed E-state index contributed by atoms with van der Waals surface area (Å²) in [6, 6.07) is 2.97. The molecule has 1 aromatic rings. The Morgan fingerprint density at radius 1 is 1.38 bits per heavy atom. The molecule has 3 nitrogen and oxygen atoms in total. The zero-order valence-corrected chi connectivity index (χ0v) is 8.33. The van der Waals surface area contributed by atoms with Crippen LogP contribution in [0.3, 0.4) is 0 Å². The molecule has 5 heteroatoms. The van der Waals surface area contributed by atoms with Crippen molar-refractivity contribution in [1.82, 2.24) is 0 Å². The molecule has 1 aromatic carbocycles. The van der Waals surface area contributed by atoms with E-state index >= 15 is 0 Å². The average Bonchev–Trinajstić information content (AvgIpc) is 2.51. The van der Waals surface area contributed by atoms with Gasteiger partial charge in [-0.05, 0) is 24.3 Å². The number of halogens is 2. The van der Waals surface area contributed by atoms with Crippen molar-refractivity contribution in [2.45, 2.75) is 6.92 Å². The van der Waals surface area contributed by atoms with Crippen molar-refractivity contribution in [1.29, 1.82) is 0 Å². The lowest BCUT2D eigenvalue weighted by molar-refractivity contribution is -0.130. The maximum Gasteiger partial charge on any atom is 0.363 e. The number of carbonyl (C=O) groups excluding carboxylic acids is 1. The summed E-state index contributed by atoms with van der Waals surface area (Å²) in [6.07, 6.45) is 1.15. The number of hydrogen-bond acceptors (Lipinski definition) is 3. The third-order valence-corrected chi connectivity index (χ3v) is 1.98. The normalized spacial score (nSPS) is 17.6. The van der Waals surface area contributed by atoms with Gasteiger partial charge < -0.3 is 4.74 Å². The first-order valence-electron chi connectivity index (χ1n) is 4.50. The van der Waals surface area contributed by atoms with Crippen molar-refractivity contribution in [2.75, 3.05) is 0 Å². The average molecular weight is 223 g/mol. The van der Waals surface area contributed by atoms with Crippen LogP contribution in [0.4, 0.5) is 8.78 Å². The van der Waals surface area contributed by atoms with Gasteiger partial charge in [-0.25, -0.2) is 18.6 Å². The Morgan fingerprint density at radius 2 is 2.12 bits per heavy atom. The first-order chi connectivity index (χ1) is 7.56. The molecule has 0 N–H and O–H groups in total. The summed E-state index contributed by atoms with van der Waals surface area (Å²) in [7, 11) is 0. The monoisotopic (exact) mass is 223 g/mol. The summed E-state index contributed by atoms with van der Waals surface area (Å²) in [5.74, 6) is -1.68. The quantitative estimate of drug-likeness (QED) is 0.541. The lowest BCUT2D eigenvalue weighted by atomic mass is 10.2.